The Kier molecular flexibility index (Phi) is 2.35. The van der Waals surface area contributed by atoms with E-state index in [-0.39, 0.29) is 5.91 Å². The smallest absolute Gasteiger partial charge is 0.235 e. The largest absolute Gasteiger partial charge is 0.369 e. The molecule has 0 radical (unpaired) electrons. The van der Waals surface area contributed by atoms with Crippen molar-refractivity contribution in [3.05, 3.63) is 0 Å². The Bertz CT molecular complexity index is 209. The van der Waals surface area contributed by atoms with Gasteiger partial charge in [-0.3, -0.25) is 9.59 Å². The van der Waals surface area contributed by atoms with Crippen LogP contribution >= 0.6 is 0 Å². The average Bonchev–Trinajstić information content (AvgIpc) is 1.83. The van der Waals surface area contributed by atoms with E-state index >= 15 is 0 Å². The molecule has 0 heterocycles. The van der Waals surface area contributed by atoms with Gasteiger partial charge in [0.15, 0.2) is 0 Å². The zero-order valence-electron chi connectivity index (χ0n) is 7.22. The Hall–Kier alpha value is -1.06. The van der Waals surface area contributed by atoms with Gasteiger partial charge in [0.25, 0.3) is 0 Å². The molecule has 0 unspecified atom stereocenters. The van der Waals surface area contributed by atoms with Crippen LogP contribution in [0.25, 0.3) is 0 Å². The van der Waals surface area contributed by atoms with E-state index in [2.05, 4.69) is 5.32 Å². The van der Waals surface area contributed by atoms with Gasteiger partial charge in [0.1, 0.15) is 5.41 Å². The van der Waals surface area contributed by atoms with Gasteiger partial charge in [-0.2, -0.15) is 0 Å². The molecule has 0 saturated heterocycles. The van der Waals surface area contributed by atoms with Crippen molar-refractivity contribution in [1.82, 2.24) is 5.32 Å². The van der Waals surface area contributed by atoms with Crippen molar-refractivity contribution >= 4 is 11.8 Å². The van der Waals surface area contributed by atoms with Crippen molar-refractivity contribution < 1.29 is 9.59 Å². The molecule has 3 N–H and O–H groups in total. The summed E-state index contributed by atoms with van der Waals surface area (Å²) in [7, 11) is 0. The molecule has 0 aromatic carbocycles. The van der Waals surface area contributed by atoms with Gasteiger partial charge in [0.05, 0.1) is 0 Å². The number of hydrogen-bond donors (Lipinski definition) is 2. The van der Waals surface area contributed by atoms with Gasteiger partial charge in [-0.1, -0.05) is 6.42 Å². The highest BCUT2D eigenvalue weighted by Gasteiger charge is 2.49. The highest BCUT2D eigenvalue weighted by atomic mass is 16.2. The molecule has 2 amide bonds. The quantitative estimate of drug-likeness (QED) is 0.575. The first-order chi connectivity index (χ1) is 5.63. The summed E-state index contributed by atoms with van der Waals surface area (Å²) < 4.78 is 0. The number of rotatable bonds is 3. The number of carbonyl (C=O) groups excluding carboxylic acids is 2. The van der Waals surface area contributed by atoms with E-state index in [0.717, 1.165) is 6.42 Å². The summed E-state index contributed by atoms with van der Waals surface area (Å²) in [4.78, 5) is 22.4. The van der Waals surface area contributed by atoms with E-state index in [9.17, 15) is 9.59 Å². The SMILES string of the molecule is CCNC(=O)C1(C(N)=O)CCC1. The minimum atomic E-state index is -0.879. The first kappa shape index (κ1) is 9.03. The molecule has 0 spiro atoms. The van der Waals surface area contributed by atoms with Crippen LogP contribution in [0.1, 0.15) is 26.2 Å². The summed E-state index contributed by atoms with van der Waals surface area (Å²) >= 11 is 0. The van der Waals surface area contributed by atoms with Crippen LogP contribution in [0.5, 0.6) is 0 Å². The Balaban J connectivity index is 2.67. The van der Waals surface area contributed by atoms with Crippen molar-refractivity contribution in [2.45, 2.75) is 26.2 Å². The van der Waals surface area contributed by atoms with Gasteiger partial charge in [-0.25, -0.2) is 0 Å². The number of primary amides is 1. The molecular formula is C8H14N2O2. The van der Waals surface area contributed by atoms with Gasteiger partial charge in [0.2, 0.25) is 11.8 Å². The van der Waals surface area contributed by atoms with E-state index in [4.69, 9.17) is 5.73 Å². The molecule has 12 heavy (non-hydrogen) atoms. The molecule has 68 valence electrons. The van der Waals surface area contributed by atoms with E-state index in [0.29, 0.717) is 19.4 Å². The molecule has 0 bridgehead atoms. The highest BCUT2D eigenvalue weighted by Crippen LogP contribution is 2.40. The molecule has 1 aliphatic carbocycles. The maximum Gasteiger partial charge on any atom is 0.235 e. The zero-order valence-corrected chi connectivity index (χ0v) is 7.22. The Morgan fingerprint density at radius 3 is 2.33 bits per heavy atom. The molecule has 0 aromatic rings. The van der Waals surface area contributed by atoms with Gasteiger partial charge in [-0.05, 0) is 19.8 Å². The minimum Gasteiger partial charge on any atom is -0.369 e. The van der Waals surface area contributed by atoms with Crippen molar-refractivity contribution in [3.63, 3.8) is 0 Å². The van der Waals surface area contributed by atoms with Crippen LogP contribution in [0.3, 0.4) is 0 Å². The summed E-state index contributed by atoms with van der Waals surface area (Å²) in [6.45, 7) is 2.37. The second-order valence-corrected chi connectivity index (χ2v) is 3.16. The number of hydrogen-bond acceptors (Lipinski definition) is 2. The second kappa shape index (κ2) is 3.13. The Morgan fingerprint density at radius 1 is 1.50 bits per heavy atom. The van der Waals surface area contributed by atoms with E-state index < -0.39 is 11.3 Å². The Morgan fingerprint density at radius 2 is 2.08 bits per heavy atom. The number of carbonyl (C=O) groups is 2. The maximum atomic E-state index is 11.4. The fourth-order valence-electron chi connectivity index (χ4n) is 1.45. The van der Waals surface area contributed by atoms with Crippen LogP contribution in [-0.2, 0) is 9.59 Å². The fourth-order valence-corrected chi connectivity index (χ4v) is 1.45. The van der Waals surface area contributed by atoms with Crippen molar-refractivity contribution in [1.29, 1.82) is 0 Å². The van der Waals surface area contributed by atoms with E-state index in [1.54, 1.807) is 0 Å². The maximum absolute atomic E-state index is 11.4. The third kappa shape index (κ3) is 1.17. The van der Waals surface area contributed by atoms with Gasteiger partial charge in [0, 0.05) is 6.54 Å². The molecule has 0 aliphatic heterocycles. The van der Waals surface area contributed by atoms with Crippen molar-refractivity contribution in [2.75, 3.05) is 6.54 Å². The predicted octanol–water partition coefficient (Wildman–Crippen LogP) is -0.222. The lowest BCUT2D eigenvalue weighted by Gasteiger charge is -2.36. The van der Waals surface area contributed by atoms with Crippen LogP contribution in [-0.4, -0.2) is 18.4 Å². The molecule has 1 fully saturated rings. The van der Waals surface area contributed by atoms with Crippen LogP contribution < -0.4 is 11.1 Å². The molecular weight excluding hydrogens is 156 g/mol. The first-order valence-corrected chi connectivity index (χ1v) is 4.21. The van der Waals surface area contributed by atoms with Crippen molar-refractivity contribution in [2.24, 2.45) is 11.1 Å². The molecule has 0 atom stereocenters. The van der Waals surface area contributed by atoms with Gasteiger partial charge in [-0.15, -0.1) is 0 Å². The molecule has 4 heteroatoms. The van der Waals surface area contributed by atoms with E-state index in [1.165, 1.54) is 0 Å². The van der Waals surface area contributed by atoms with Gasteiger partial charge < -0.3 is 11.1 Å². The van der Waals surface area contributed by atoms with Gasteiger partial charge >= 0.3 is 0 Å². The molecule has 4 nitrogen and oxygen atoms in total. The summed E-state index contributed by atoms with van der Waals surface area (Å²) in [5.41, 5.74) is 4.29. The highest BCUT2D eigenvalue weighted by molar-refractivity contribution is 6.05. The predicted molar refractivity (Wildman–Crippen MR) is 44.2 cm³/mol. The number of nitrogens with one attached hydrogen (secondary N) is 1. The number of amides is 2. The standard InChI is InChI=1S/C8H14N2O2/c1-2-10-7(12)8(6(9)11)4-3-5-8/h2-5H2,1H3,(H2,9,11)(H,10,12). The second-order valence-electron chi connectivity index (χ2n) is 3.16. The van der Waals surface area contributed by atoms with Crippen LogP contribution in [0.4, 0.5) is 0 Å². The molecule has 1 rings (SSSR count). The summed E-state index contributed by atoms with van der Waals surface area (Å²) in [6, 6.07) is 0. The topological polar surface area (TPSA) is 72.2 Å². The lowest BCUT2D eigenvalue weighted by molar-refractivity contribution is -0.147. The number of nitrogens with two attached hydrogens (primary N) is 1. The van der Waals surface area contributed by atoms with E-state index in [1.807, 2.05) is 6.92 Å². The summed E-state index contributed by atoms with van der Waals surface area (Å²) in [5, 5.41) is 2.63. The summed E-state index contributed by atoms with van der Waals surface area (Å²) in [6.07, 6.45) is 2.13. The normalized spacial score (nSPS) is 19.4. The molecule has 0 aromatic heterocycles. The fraction of sp³-hybridized carbons (Fsp3) is 0.750. The van der Waals surface area contributed by atoms with Crippen LogP contribution in [0, 0.1) is 5.41 Å². The monoisotopic (exact) mass is 170 g/mol. The summed E-state index contributed by atoms with van der Waals surface area (Å²) in [5.74, 6) is -0.691. The third-order valence-electron chi connectivity index (χ3n) is 2.45. The molecule has 1 aliphatic rings. The first-order valence-electron chi connectivity index (χ1n) is 4.21. The van der Waals surface area contributed by atoms with Crippen LogP contribution in [0.15, 0.2) is 0 Å². The average molecular weight is 170 g/mol. The zero-order chi connectivity index (χ0) is 9.19. The third-order valence-corrected chi connectivity index (χ3v) is 2.45. The lowest BCUT2D eigenvalue weighted by Crippen LogP contribution is -2.53. The van der Waals surface area contributed by atoms with Crippen LogP contribution in [0.2, 0.25) is 0 Å². The molecule has 1 saturated carbocycles. The lowest BCUT2D eigenvalue weighted by atomic mass is 9.67. The minimum absolute atomic E-state index is 0.205. The Labute approximate surface area is 71.5 Å². The van der Waals surface area contributed by atoms with Crippen molar-refractivity contribution in [3.8, 4) is 0 Å².